The van der Waals surface area contributed by atoms with Gasteiger partial charge in [-0.05, 0) is 62.6 Å². The van der Waals surface area contributed by atoms with Crippen molar-refractivity contribution in [3.63, 3.8) is 0 Å². The molecule has 0 amide bonds. The lowest BCUT2D eigenvalue weighted by molar-refractivity contribution is -0.384. The average Bonchev–Trinajstić information content (AvgIpc) is 2.99. The van der Waals surface area contributed by atoms with Crippen LogP contribution in [0.4, 0.5) is 5.69 Å². The van der Waals surface area contributed by atoms with Crippen LogP contribution in [0, 0.1) is 16.0 Å². The van der Waals surface area contributed by atoms with Gasteiger partial charge in [0, 0.05) is 42.5 Å². The number of nitro groups is 1. The van der Waals surface area contributed by atoms with E-state index in [0.29, 0.717) is 42.8 Å². The Hall–Kier alpha value is -4.18. The molecule has 2 aliphatic heterocycles. The molecule has 2 aromatic carbocycles. The second-order valence-electron chi connectivity index (χ2n) is 10.6. The van der Waals surface area contributed by atoms with E-state index in [9.17, 15) is 24.5 Å². The average molecular weight is 577 g/mol. The highest BCUT2D eigenvalue weighted by Gasteiger charge is 2.42. The van der Waals surface area contributed by atoms with Crippen LogP contribution in [-0.4, -0.2) is 54.8 Å². The fourth-order valence-corrected chi connectivity index (χ4v) is 5.58. The van der Waals surface area contributed by atoms with E-state index in [1.807, 2.05) is 24.3 Å². The van der Waals surface area contributed by atoms with Gasteiger partial charge in [-0.2, -0.15) is 0 Å². The minimum atomic E-state index is -0.932. The highest BCUT2D eigenvalue weighted by Crippen LogP contribution is 2.41. The third-order valence-electron chi connectivity index (χ3n) is 7.73. The van der Waals surface area contributed by atoms with E-state index in [1.54, 1.807) is 19.9 Å². The number of hydrogen-bond donors (Lipinski definition) is 0. The SMILES string of the molecule is COC(=O)C1C(C)=NC(C)=C(C(=O)OCCCc2ccc(CC(=O)C3CCCCO3)cc2)C1c1cccc([N+](=O)[O-])c1. The number of benzene rings is 2. The molecule has 10 heteroatoms. The lowest BCUT2D eigenvalue weighted by Gasteiger charge is -2.31. The first-order valence-electron chi connectivity index (χ1n) is 14.2. The zero-order valence-electron chi connectivity index (χ0n) is 24.2. The molecule has 0 spiro atoms. The highest BCUT2D eigenvalue weighted by molar-refractivity contribution is 6.07. The number of Topliss-reactive ketones (excluding diaryl/α,β-unsaturated/α-hetero) is 1. The number of esters is 2. The minimum Gasteiger partial charge on any atom is -0.468 e. The summed E-state index contributed by atoms with van der Waals surface area (Å²) in [5.41, 5.74) is 3.26. The van der Waals surface area contributed by atoms with Crippen molar-refractivity contribution < 1.29 is 33.5 Å². The fourth-order valence-electron chi connectivity index (χ4n) is 5.58. The Bertz CT molecular complexity index is 1390. The number of allylic oxidation sites excluding steroid dienone is 1. The Morgan fingerprint density at radius 3 is 2.48 bits per heavy atom. The molecule has 0 aromatic heterocycles. The van der Waals surface area contributed by atoms with Gasteiger partial charge in [0.1, 0.15) is 12.0 Å². The second-order valence-corrected chi connectivity index (χ2v) is 10.6. The van der Waals surface area contributed by atoms with E-state index in [0.717, 1.165) is 30.4 Å². The first-order chi connectivity index (χ1) is 20.2. The minimum absolute atomic E-state index is 0.110. The summed E-state index contributed by atoms with van der Waals surface area (Å²) in [7, 11) is 1.25. The van der Waals surface area contributed by atoms with E-state index < -0.39 is 28.7 Å². The van der Waals surface area contributed by atoms with Crippen molar-refractivity contribution >= 4 is 29.1 Å². The normalized spacial score (nSPS) is 20.5. The molecule has 222 valence electrons. The number of hydrogen-bond acceptors (Lipinski definition) is 9. The van der Waals surface area contributed by atoms with Crippen molar-refractivity contribution in [3.8, 4) is 0 Å². The van der Waals surface area contributed by atoms with Crippen LogP contribution in [0.15, 0.2) is 64.8 Å². The van der Waals surface area contributed by atoms with Gasteiger partial charge in [-0.1, -0.05) is 36.4 Å². The van der Waals surface area contributed by atoms with Crippen LogP contribution in [0.3, 0.4) is 0 Å². The third-order valence-corrected chi connectivity index (χ3v) is 7.73. The van der Waals surface area contributed by atoms with Crippen molar-refractivity contribution in [2.45, 2.75) is 64.4 Å². The summed E-state index contributed by atoms with van der Waals surface area (Å²) in [5.74, 6) is -2.90. The number of methoxy groups -OCH3 is 1. The predicted octanol–water partition coefficient (Wildman–Crippen LogP) is 5.07. The Morgan fingerprint density at radius 1 is 1.07 bits per heavy atom. The Kier molecular flexibility index (Phi) is 10.4. The second kappa shape index (κ2) is 14.1. The van der Waals surface area contributed by atoms with Gasteiger partial charge >= 0.3 is 11.9 Å². The van der Waals surface area contributed by atoms with E-state index in [1.165, 1.54) is 25.3 Å². The number of ketones is 1. The first kappa shape index (κ1) is 30.8. The summed E-state index contributed by atoms with van der Waals surface area (Å²) in [4.78, 5) is 54.0. The summed E-state index contributed by atoms with van der Waals surface area (Å²) < 4.78 is 16.2. The lowest BCUT2D eigenvalue weighted by atomic mass is 9.75. The lowest BCUT2D eigenvalue weighted by Crippen LogP contribution is -2.36. The summed E-state index contributed by atoms with van der Waals surface area (Å²) >= 11 is 0. The molecule has 3 atom stereocenters. The maximum atomic E-state index is 13.4. The quantitative estimate of drug-likeness (QED) is 0.157. The Morgan fingerprint density at radius 2 is 1.81 bits per heavy atom. The van der Waals surface area contributed by atoms with E-state index in [-0.39, 0.29) is 29.8 Å². The molecule has 0 saturated carbocycles. The van der Waals surface area contributed by atoms with Crippen LogP contribution < -0.4 is 0 Å². The number of non-ortho nitro benzene ring substituents is 1. The zero-order valence-corrected chi connectivity index (χ0v) is 24.2. The van der Waals surface area contributed by atoms with Crippen LogP contribution in [0.2, 0.25) is 0 Å². The number of ether oxygens (including phenoxy) is 3. The van der Waals surface area contributed by atoms with Gasteiger partial charge in [0.25, 0.3) is 5.69 Å². The third kappa shape index (κ3) is 7.36. The molecular weight excluding hydrogens is 540 g/mol. The molecular formula is C32H36N2O8. The van der Waals surface area contributed by atoms with Crippen LogP contribution >= 0.6 is 0 Å². The number of aliphatic imine (C=N–C) groups is 1. The summed E-state index contributed by atoms with van der Waals surface area (Å²) in [6.07, 6.45) is 4.06. The predicted molar refractivity (Wildman–Crippen MR) is 155 cm³/mol. The standard InChI is InChI=1S/C32H36N2O8/c1-20-28(31(36)40-3)30(24-9-6-10-25(19-24)34(38)39)29(21(2)33-20)32(37)42-17-7-8-22-12-14-23(15-13-22)18-26(35)27-11-4-5-16-41-27/h6,9-10,12-15,19,27-28,30H,4-5,7-8,11,16-18H2,1-3H3. The molecule has 0 N–H and O–H groups in total. The van der Waals surface area contributed by atoms with Crippen LogP contribution in [0.5, 0.6) is 0 Å². The van der Waals surface area contributed by atoms with Crippen LogP contribution in [0.25, 0.3) is 0 Å². The molecule has 2 aromatic rings. The van der Waals surface area contributed by atoms with E-state index in [2.05, 4.69) is 4.99 Å². The summed E-state index contributed by atoms with van der Waals surface area (Å²) in [5, 5.41) is 11.4. The number of rotatable bonds is 11. The van der Waals surface area contributed by atoms with Crippen LogP contribution in [0.1, 0.15) is 62.1 Å². The monoisotopic (exact) mass is 576 g/mol. The van der Waals surface area contributed by atoms with Crippen molar-refractivity contribution in [2.24, 2.45) is 10.9 Å². The number of carbonyl (C=O) groups is 3. The van der Waals surface area contributed by atoms with Crippen LogP contribution in [-0.2, 0) is 41.4 Å². The molecule has 1 fully saturated rings. The molecule has 0 aliphatic carbocycles. The number of nitro benzene ring substituents is 1. The van der Waals surface area contributed by atoms with Crippen molar-refractivity contribution in [2.75, 3.05) is 20.3 Å². The van der Waals surface area contributed by atoms with E-state index >= 15 is 0 Å². The Labute approximate surface area is 244 Å². The summed E-state index contributed by atoms with van der Waals surface area (Å²) in [6, 6.07) is 13.7. The largest absolute Gasteiger partial charge is 0.468 e. The van der Waals surface area contributed by atoms with Gasteiger partial charge in [0.2, 0.25) is 0 Å². The molecule has 10 nitrogen and oxygen atoms in total. The molecule has 0 bridgehead atoms. The molecule has 3 unspecified atom stereocenters. The fraction of sp³-hybridized carbons (Fsp3) is 0.438. The van der Waals surface area contributed by atoms with Gasteiger partial charge in [-0.3, -0.25) is 24.7 Å². The number of carbonyl (C=O) groups excluding carboxylic acids is 3. The van der Waals surface area contributed by atoms with Gasteiger partial charge < -0.3 is 14.2 Å². The van der Waals surface area contributed by atoms with Gasteiger partial charge in [-0.25, -0.2) is 4.79 Å². The first-order valence-corrected chi connectivity index (χ1v) is 14.2. The number of nitrogens with zero attached hydrogens (tertiary/aromatic N) is 2. The van der Waals surface area contributed by atoms with E-state index in [4.69, 9.17) is 14.2 Å². The molecule has 42 heavy (non-hydrogen) atoms. The maximum Gasteiger partial charge on any atom is 0.336 e. The maximum absolute atomic E-state index is 13.4. The molecule has 2 heterocycles. The molecule has 0 radical (unpaired) electrons. The molecule has 1 saturated heterocycles. The van der Waals surface area contributed by atoms with Gasteiger partial charge in [0.05, 0.1) is 24.2 Å². The highest BCUT2D eigenvalue weighted by atomic mass is 16.6. The van der Waals surface area contributed by atoms with Crippen molar-refractivity contribution in [1.82, 2.24) is 0 Å². The van der Waals surface area contributed by atoms with Crippen molar-refractivity contribution in [3.05, 3.63) is 86.6 Å². The van der Waals surface area contributed by atoms with Gasteiger partial charge in [-0.15, -0.1) is 0 Å². The topological polar surface area (TPSA) is 134 Å². The van der Waals surface area contributed by atoms with Crippen molar-refractivity contribution in [1.29, 1.82) is 0 Å². The smallest absolute Gasteiger partial charge is 0.336 e. The molecule has 2 aliphatic rings. The number of aryl methyl sites for hydroxylation is 1. The zero-order chi connectivity index (χ0) is 30.2. The van der Waals surface area contributed by atoms with Gasteiger partial charge in [0.15, 0.2) is 5.78 Å². The summed E-state index contributed by atoms with van der Waals surface area (Å²) in [6.45, 7) is 4.10. The molecule has 4 rings (SSSR count). The Balaban J connectivity index is 1.40.